The Bertz CT molecular complexity index is 576. The maximum Gasteiger partial charge on any atom is 0.405 e. The molecule has 0 spiro atoms. The third-order valence-corrected chi connectivity index (χ3v) is 4.37. The summed E-state index contributed by atoms with van der Waals surface area (Å²) >= 11 is 0.562. The molecule has 0 fully saturated rings. The highest BCUT2D eigenvalue weighted by molar-refractivity contribution is 8.00. The van der Waals surface area contributed by atoms with Crippen LogP contribution >= 0.6 is 11.8 Å². The number of carbonyl (C=O) groups is 1. The first-order valence-corrected chi connectivity index (χ1v) is 6.37. The molecule has 0 unspecified atom stereocenters. The van der Waals surface area contributed by atoms with Crippen LogP contribution in [0.5, 0.6) is 0 Å². The van der Waals surface area contributed by atoms with E-state index in [9.17, 15) is 18.0 Å². The topological polar surface area (TPSA) is 37.3 Å². The Morgan fingerprint density at radius 2 is 1.95 bits per heavy atom. The van der Waals surface area contributed by atoms with Crippen molar-refractivity contribution in [3.8, 4) is 0 Å². The van der Waals surface area contributed by atoms with E-state index in [2.05, 4.69) is 0 Å². The molecule has 0 bridgehead atoms. The highest BCUT2D eigenvalue weighted by Crippen LogP contribution is 2.46. The second-order valence-corrected chi connectivity index (χ2v) is 5.56. The van der Waals surface area contributed by atoms with E-state index in [0.717, 1.165) is 17.2 Å². The minimum absolute atomic E-state index is 0.498. The first-order chi connectivity index (χ1) is 8.70. The first kappa shape index (κ1) is 14.0. The van der Waals surface area contributed by atoms with E-state index in [1.165, 1.54) is 0 Å². The van der Waals surface area contributed by atoms with Gasteiger partial charge in [0, 0.05) is 4.90 Å². The number of aliphatic carboxylic acids is 1. The maximum absolute atomic E-state index is 12.9. The van der Waals surface area contributed by atoms with Gasteiger partial charge in [0.1, 0.15) is 5.25 Å². The third-order valence-electron chi connectivity index (χ3n) is 2.82. The molecule has 0 aromatic heterocycles. The van der Waals surface area contributed by atoms with Gasteiger partial charge in [0.2, 0.25) is 0 Å². The Morgan fingerprint density at radius 1 is 1.32 bits per heavy atom. The molecule has 1 heterocycles. The van der Waals surface area contributed by atoms with Gasteiger partial charge < -0.3 is 5.11 Å². The molecule has 2 nitrogen and oxygen atoms in total. The normalized spacial score (nSPS) is 18.8. The molecule has 1 aliphatic heterocycles. The van der Waals surface area contributed by atoms with Crippen LogP contribution in [0, 0.1) is 13.8 Å². The minimum atomic E-state index is -4.58. The number of carboxylic acids is 1. The number of rotatable bonds is 1. The second kappa shape index (κ2) is 4.59. The van der Waals surface area contributed by atoms with Crippen molar-refractivity contribution in [3.63, 3.8) is 0 Å². The Hall–Kier alpha value is -1.43. The SMILES string of the molecule is Cc1cc(C)c2c(c1)C=C(C(=O)O)[C@@H](C(F)(F)F)S2. The van der Waals surface area contributed by atoms with E-state index in [-0.39, 0.29) is 0 Å². The van der Waals surface area contributed by atoms with E-state index in [0.29, 0.717) is 22.2 Å². The lowest BCUT2D eigenvalue weighted by Gasteiger charge is -2.26. The van der Waals surface area contributed by atoms with E-state index in [1.807, 2.05) is 6.92 Å². The summed E-state index contributed by atoms with van der Waals surface area (Å²) in [6.45, 7) is 3.55. The molecule has 6 heteroatoms. The van der Waals surface area contributed by atoms with Gasteiger partial charge in [-0.05, 0) is 31.1 Å². The summed E-state index contributed by atoms with van der Waals surface area (Å²) in [5.74, 6) is -1.53. The molecule has 0 amide bonds. The summed E-state index contributed by atoms with van der Waals surface area (Å²) in [4.78, 5) is 11.5. The molecule has 0 saturated carbocycles. The Morgan fingerprint density at radius 3 is 2.47 bits per heavy atom. The van der Waals surface area contributed by atoms with Crippen LogP contribution in [-0.4, -0.2) is 22.5 Å². The van der Waals surface area contributed by atoms with Gasteiger partial charge in [0.25, 0.3) is 0 Å². The first-order valence-electron chi connectivity index (χ1n) is 5.49. The number of thioether (sulfide) groups is 1. The quantitative estimate of drug-likeness (QED) is 0.854. The zero-order valence-electron chi connectivity index (χ0n) is 10.2. The molecule has 0 saturated heterocycles. The van der Waals surface area contributed by atoms with Gasteiger partial charge in [-0.15, -0.1) is 11.8 Å². The monoisotopic (exact) mass is 288 g/mol. The zero-order valence-corrected chi connectivity index (χ0v) is 11.0. The summed E-state index contributed by atoms with van der Waals surface area (Å²) in [5, 5.41) is 6.94. The highest BCUT2D eigenvalue weighted by Gasteiger charge is 2.47. The minimum Gasteiger partial charge on any atom is -0.478 e. The highest BCUT2D eigenvalue weighted by atomic mass is 32.2. The predicted octanol–water partition coefficient (Wildman–Crippen LogP) is 3.81. The average Bonchev–Trinajstić information content (AvgIpc) is 2.25. The van der Waals surface area contributed by atoms with Crippen LogP contribution in [0.2, 0.25) is 0 Å². The number of hydrogen-bond donors (Lipinski definition) is 1. The molecule has 1 aromatic rings. The van der Waals surface area contributed by atoms with E-state index < -0.39 is 23.0 Å². The maximum atomic E-state index is 12.9. The predicted molar refractivity (Wildman–Crippen MR) is 67.2 cm³/mol. The van der Waals surface area contributed by atoms with Crippen molar-refractivity contribution >= 4 is 23.8 Å². The molecule has 1 N–H and O–H groups in total. The molecule has 19 heavy (non-hydrogen) atoms. The van der Waals surface area contributed by atoms with Gasteiger partial charge in [-0.2, -0.15) is 13.2 Å². The fraction of sp³-hybridized carbons (Fsp3) is 0.308. The largest absolute Gasteiger partial charge is 0.478 e. The molecular weight excluding hydrogens is 277 g/mol. The molecule has 0 aliphatic carbocycles. The number of hydrogen-bond acceptors (Lipinski definition) is 2. The second-order valence-electron chi connectivity index (χ2n) is 4.44. The van der Waals surface area contributed by atoms with Crippen LogP contribution in [0.3, 0.4) is 0 Å². The summed E-state index contributed by atoms with van der Waals surface area (Å²) in [5.41, 5.74) is 1.55. The summed E-state index contributed by atoms with van der Waals surface area (Å²) in [6.07, 6.45) is -3.45. The molecule has 1 atom stereocenters. The smallest absolute Gasteiger partial charge is 0.405 e. The number of fused-ring (bicyclic) bond motifs is 1. The Labute approximate surface area is 112 Å². The number of halogens is 3. The van der Waals surface area contributed by atoms with E-state index in [4.69, 9.17) is 5.11 Å². The van der Waals surface area contributed by atoms with Crippen molar-refractivity contribution < 1.29 is 23.1 Å². The third kappa shape index (κ3) is 2.63. The number of carboxylic acid groups (broad SMARTS) is 1. The van der Waals surface area contributed by atoms with Crippen LogP contribution in [0.4, 0.5) is 13.2 Å². The Kier molecular flexibility index (Phi) is 3.38. The molecule has 1 aliphatic rings. The van der Waals surface area contributed by atoms with Crippen molar-refractivity contribution in [2.24, 2.45) is 0 Å². The summed E-state index contributed by atoms with van der Waals surface area (Å²) in [6, 6.07) is 3.49. The molecule has 102 valence electrons. The molecular formula is C13H11F3O2S. The lowest BCUT2D eigenvalue weighted by Crippen LogP contribution is -2.32. The van der Waals surface area contributed by atoms with Gasteiger partial charge >= 0.3 is 12.1 Å². The van der Waals surface area contributed by atoms with Gasteiger partial charge in [-0.3, -0.25) is 0 Å². The average molecular weight is 288 g/mol. The zero-order chi connectivity index (χ0) is 14.4. The van der Waals surface area contributed by atoms with Gasteiger partial charge in [0.15, 0.2) is 0 Å². The lowest BCUT2D eigenvalue weighted by molar-refractivity contribution is -0.140. The van der Waals surface area contributed by atoms with E-state index >= 15 is 0 Å². The van der Waals surface area contributed by atoms with Crippen molar-refractivity contribution in [2.45, 2.75) is 30.2 Å². The van der Waals surface area contributed by atoms with Crippen LogP contribution in [0.1, 0.15) is 16.7 Å². The fourth-order valence-electron chi connectivity index (χ4n) is 2.10. The van der Waals surface area contributed by atoms with Crippen LogP contribution in [-0.2, 0) is 4.79 Å². The number of benzene rings is 1. The van der Waals surface area contributed by atoms with Crippen LogP contribution in [0.25, 0.3) is 6.08 Å². The summed E-state index contributed by atoms with van der Waals surface area (Å²) < 4.78 is 38.8. The lowest BCUT2D eigenvalue weighted by atomic mass is 10.0. The molecule has 0 radical (unpaired) electrons. The van der Waals surface area contributed by atoms with Gasteiger partial charge in [0.05, 0.1) is 5.57 Å². The number of aryl methyl sites for hydroxylation is 2. The van der Waals surface area contributed by atoms with Crippen LogP contribution < -0.4 is 0 Å². The van der Waals surface area contributed by atoms with Crippen molar-refractivity contribution in [1.82, 2.24) is 0 Å². The Balaban J connectivity index is 2.61. The van der Waals surface area contributed by atoms with Crippen molar-refractivity contribution in [2.75, 3.05) is 0 Å². The summed E-state index contributed by atoms with van der Waals surface area (Å²) in [7, 11) is 0. The van der Waals surface area contributed by atoms with Crippen molar-refractivity contribution in [1.29, 1.82) is 0 Å². The van der Waals surface area contributed by atoms with Gasteiger partial charge in [-0.25, -0.2) is 4.79 Å². The standard InChI is InChI=1S/C13H11F3O2S/c1-6-3-7(2)10-8(4-6)5-9(12(17)18)11(19-10)13(14,15)16/h3-5,11H,1-2H3,(H,17,18)/t11-/m0/s1. The van der Waals surface area contributed by atoms with E-state index in [1.54, 1.807) is 19.1 Å². The fourth-order valence-corrected chi connectivity index (χ4v) is 3.26. The van der Waals surface area contributed by atoms with Gasteiger partial charge in [-0.1, -0.05) is 17.7 Å². The molecule has 2 rings (SSSR count). The van der Waals surface area contributed by atoms with Crippen LogP contribution in [0.15, 0.2) is 22.6 Å². The number of alkyl halides is 3. The molecule has 1 aromatic carbocycles. The van der Waals surface area contributed by atoms with Crippen molar-refractivity contribution in [3.05, 3.63) is 34.4 Å².